The molecule has 0 spiro atoms. The second kappa shape index (κ2) is 6.79. The van der Waals surface area contributed by atoms with E-state index >= 15 is 0 Å². The number of nitrogens with zero attached hydrogens (tertiary/aromatic N) is 1. The maximum atomic E-state index is 12.8. The van der Waals surface area contributed by atoms with E-state index < -0.39 is 5.82 Å². The minimum absolute atomic E-state index is 0. The summed E-state index contributed by atoms with van der Waals surface area (Å²) in [7, 11) is 1.64. The molecule has 96 valence electrons. The van der Waals surface area contributed by atoms with Crippen molar-refractivity contribution in [2.24, 2.45) is 5.73 Å². The van der Waals surface area contributed by atoms with Gasteiger partial charge in [-0.15, -0.1) is 12.4 Å². The molecule has 0 aliphatic rings. The highest BCUT2D eigenvalue weighted by molar-refractivity contribution is 6.33. The molecule has 1 aromatic carbocycles. The van der Waals surface area contributed by atoms with Gasteiger partial charge in [-0.05, 0) is 25.1 Å². The normalized spacial score (nSPS) is 11.6. The zero-order chi connectivity index (χ0) is 12.3. The third-order valence-electron chi connectivity index (χ3n) is 2.48. The molecule has 0 heterocycles. The lowest BCUT2D eigenvalue weighted by molar-refractivity contribution is 0.0748. The first-order valence-corrected chi connectivity index (χ1v) is 5.27. The van der Waals surface area contributed by atoms with Crippen LogP contribution in [0.1, 0.15) is 17.3 Å². The van der Waals surface area contributed by atoms with E-state index in [-0.39, 0.29) is 34.9 Å². The lowest BCUT2D eigenvalue weighted by atomic mass is 10.1. The summed E-state index contributed by atoms with van der Waals surface area (Å²) in [5, 5.41) is 0.112. The average Bonchev–Trinajstić information content (AvgIpc) is 2.26. The number of hydrogen-bond acceptors (Lipinski definition) is 2. The highest BCUT2D eigenvalue weighted by atomic mass is 35.5. The molecule has 1 atom stereocenters. The quantitative estimate of drug-likeness (QED) is 0.924. The molecule has 1 aromatic rings. The second-order valence-electron chi connectivity index (χ2n) is 3.62. The first-order valence-electron chi connectivity index (χ1n) is 4.89. The summed E-state index contributed by atoms with van der Waals surface area (Å²) >= 11 is 5.80. The number of hydrogen-bond donors (Lipinski definition) is 1. The molecule has 3 nitrogen and oxygen atoms in total. The number of carbonyl (C=O) groups excluding carboxylic acids is 1. The Kier molecular flexibility index (Phi) is 6.45. The molecule has 1 unspecified atom stereocenters. The van der Waals surface area contributed by atoms with Crippen LogP contribution in [-0.2, 0) is 0 Å². The van der Waals surface area contributed by atoms with Gasteiger partial charge < -0.3 is 10.6 Å². The van der Waals surface area contributed by atoms with E-state index in [0.717, 1.165) is 6.07 Å². The van der Waals surface area contributed by atoms with Gasteiger partial charge in [-0.3, -0.25) is 4.79 Å². The molecule has 0 aromatic heterocycles. The fourth-order valence-electron chi connectivity index (χ4n) is 1.21. The van der Waals surface area contributed by atoms with Crippen molar-refractivity contribution in [3.63, 3.8) is 0 Å². The molecule has 0 saturated carbocycles. The molecular weight excluding hydrogens is 266 g/mol. The van der Waals surface area contributed by atoms with Gasteiger partial charge in [0.25, 0.3) is 5.91 Å². The van der Waals surface area contributed by atoms with E-state index in [0.29, 0.717) is 6.54 Å². The number of rotatable bonds is 3. The van der Waals surface area contributed by atoms with Crippen LogP contribution < -0.4 is 5.73 Å². The van der Waals surface area contributed by atoms with E-state index in [1.165, 1.54) is 17.0 Å². The highest BCUT2D eigenvalue weighted by Crippen LogP contribution is 2.19. The van der Waals surface area contributed by atoms with Crippen molar-refractivity contribution in [2.75, 3.05) is 13.6 Å². The monoisotopic (exact) mass is 280 g/mol. The van der Waals surface area contributed by atoms with Crippen molar-refractivity contribution in [3.05, 3.63) is 34.6 Å². The van der Waals surface area contributed by atoms with Crippen molar-refractivity contribution >= 4 is 29.9 Å². The second-order valence-corrected chi connectivity index (χ2v) is 4.03. The van der Waals surface area contributed by atoms with E-state index in [1.807, 2.05) is 6.92 Å². The predicted molar refractivity (Wildman–Crippen MR) is 69.3 cm³/mol. The summed E-state index contributed by atoms with van der Waals surface area (Å²) in [5.41, 5.74) is 5.75. The Morgan fingerprint density at radius 1 is 1.59 bits per heavy atom. The number of benzene rings is 1. The van der Waals surface area contributed by atoms with Gasteiger partial charge >= 0.3 is 0 Å². The molecular formula is C11H15Cl2FN2O. The van der Waals surface area contributed by atoms with Gasteiger partial charge in [0.2, 0.25) is 0 Å². The van der Waals surface area contributed by atoms with Crippen molar-refractivity contribution < 1.29 is 9.18 Å². The molecule has 2 N–H and O–H groups in total. The van der Waals surface area contributed by atoms with Crippen LogP contribution in [0.2, 0.25) is 5.02 Å². The number of amides is 1. The lowest BCUT2D eigenvalue weighted by Gasteiger charge is -2.24. The van der Waals surface area contributed by atoms with Crippen molar-refractivity contribution in [1.29, 1.82) is 0 Å². The van der Waals surface area contributed by atoms with E-state index in [1.54, 1.807) is 7.05 Å². The number of halogens is 3. The number of carbonyl (C=O) groups is 1. The van der Waals surface area contributed by atoms with Crippen LogP contribution in [0.15, 0.2) is 18.2 Å². The van der Waals surface area contributed by atoms with Crippen LogP contribution in [-0.4, -0.2) is 30.4 Å². The fourth-order valence-corrected chi connectivity index (χ4v) is 1.46. The Hall–Kier alpha value is -0.840. The summed E-state index contributed by atoms with van der Waals surface area (Å²) in [6.45, 7) is 2.19. The number of likely N-dealkylation sites (N-methyl/N-ethyl adjacent to an activating group) is 1. The molecule has 0 aliphatic carbocycles. The maximum Gasteiger partial charge on any atom is 0.255 e. The molecule has 0 saturated heterocycles. The van der Waals surface area contributed by atoms with E-state index in [9.17, 15) is 9.18 Å². The summed E-state index contributed by atoms with van der Waals surface area (Å²) < 4.78 is 12.8. The van der Waals surface area contributed by atoms with E-state index in [4.69, 9.17) is 17.3 Å². The van der Waals surface area contributed by atoms with Crippen molar-refractivity contribution in [3.8, 4) is 0 Å². The van der Waals surface area contributed by atoms with Crippen molar-refractivity contribution in [2.45, 2.75) is 13.0 Å². The Bertz CT molecular complexity index is 401. The summed E-state index contributed by atoms with van der Waals surface area (Å²) in [5.74, 6) is -0.723. The number of nitrogens with two attached hydrogens (primary N) is 1. The topological polar surface area (TPSA) is 46.3 Å². The smallest absolute Gasteiger partial charge is 0.255 e. The summed E-state index contributed by atoms with van der Waals surface area (Å²) in [6, 6.07) is 3.61. The first-order chi connectivity index (χ1) is 7.47. The Morgan fingerprint density at radius 2 is 2.18 bits per heavy atom. The van der Waals surface area contributed by atoms with Crippen LogP contribution in [0.5, 0.6) is 0 Å². The van der Waals surface area contributed by atoms with Gasteiger partial charge in [-0.1, -0.05) is 11.6 Å². The van der Waals surface area contributed by atoms with Gasteiger partial charge in [-0.2, -0.15) is 0 Å². The molecule has 1 rings (SSSR count). The third kappa shape index (κ3) is 3.84. The zero-order valence-corrected chi connectivity index (χ0v) is 11.2. The highest BCUT2D eigenvalue weighted by Gasteiger charge is 2.18. The summed E-state index contributed by atoms with van der Waals surface area (Å²) in [6.07, 6.45) is 0. The van der Waals surface area contributed by atoms with Gasteiger partial charge in [0.1, 0.15) is 5.82 Å². The first kappa shape index (κ1) is 16.2. The molecule has 0 fully saturated rings. The van der Waals surface area contributed by atoms with Gasteiger partial charge in [0, 0.05) is 19.6 Å². The SMILES string of the molecule is CC(CN)N(C)C(=O)c1ccc(F)cc1Cl.Cl. The lowest BCUT2D eigenvalue weighted by Crippen LogP contribution is -2.39. The minimum Gasteiger partial charge on any atom is -0.338 e. The minimum atomic E-state index is -0.462. The standard InChI is InChI=1S/C11H14ClFN2O.ClH/c1-7(6-14)15(2)11(16)9-4-3-8(13)5-10(9)12;/h3-5,7H,6,14H2,1-2H3;1H. The molecule has 0 aliphatic heterocycles. The van der Waals surface area contributed by atoms with Crippen LogP contribution >= 0.6 is 24.0 Å². The fraction of sp³-hybridized carbons (Fsp3) is 0.364. The van der Waals surface area contributed by atoms with Crippen LogP contribution in [0.25, 0.3) is 0 Å². The van der Waals surface area contributed by atoms with Gasteiger partial charge in [-0.25, -0.2) is 4.39 Å². The Balaban J connectivity index is 0.00000256. The Morgan fingerprint density at radius 3 is 2.65 bits per heavy atom. The van der Waals surface area contributed by atoms with E-state index in [2.05, 4.69) is 0 Å². The largest absolute Gasteiger partial charge is 0.338 e. The summed E-state index contributed by atoms with van der Waals surface area (Å²) in [4.78, 5) is 13.4. The molecule has 17 heavy (non-hydrogen) atoms. The third-order valence-corrected chi connectivity index (χ3v) is 2.80. The van der Waals surface area contributed by atoms with Gasteiger partial charge in [0.05, 0.1) is 10.6 Å². The zero-order valence-electron chi connectivity index (χ0n) is 9.61. The molecule has 1 amide bonds. The van der Waals surface area contributed by atoms with Crippen LogP contribution in [0.4, 0.5) is 4.39 Å². The van der Waals surface area contributed by atoms with Crippen molar-refractivity contribution in [1.82, 2.24) is 4.90 Å². The molecule has 6 heteroatoms. The van der Waals surface area contributed by atoms with Crippen LogP contribution in [0.3, 0.4) is 0 Å². The maximum absolute atomic E-state index is 12.8. The Labute approximate surface area is 111 Å². The molecule has 0 bridgehead atoms. The predicted octanol–water partition coefficient (Wildman–Crippen LogP) is 2.32. The van der Waals surface area contributed by atoms with Crippen LogP contribution in [0, 0.1) is 5.82 Å². The molecule has 0 radical (unpaired) electrons. The average molecular weight is 281 g/mol. The van der Waals surface area contributed by atoms with Gasteiger partial charge in [0.15, 0.2) is 0 Å².